The minimum absolute atomic E-state index is 0. The summed E-state index contributed by atoms with van der Waals surface area (Å²) in [7, 11) is 0. The SMILES string of the molecule is CC(N)C1CCCCN1C(=O)c1ccc(Br)c(Cl)c1.Cl. The van der Waals surface area contributed by atoms with Crippen LogP contribution in [0.15, 0.2) is 22.7 Å². The van der Waals surface area contributed by atoms with E-state index in [1.807, 2.05) is 11.8 Å². The Kier molecular flexibility index (Phi) is 6.79. The third-order valence-electron chi connectivity index (χ3n) is 3.58. The van der Waals surface area contributed by atoms with Crippen LogP contribution in [0.5, 0.6) is 0 Å². The van der Waals surface area contributed by atoms with Crippen LogP contribution in [0.1, 0.15) is 36.5 Å². The number of carbonyl (C=O) groups is 1. The van der Waals surface area contributed by atoms with E-state index in [4.69, 9.17) is 17.3 Å². The van der Waals surface area contributed by atoms with Crippen LogP contribution in [-0.4, -0.2) is 29.4 Å². The molecule has 2 atom stereocenters. The Balaban J connectivity index is 0.00000200. The minimum Gasteiger partial charge on any atom is -0.334 e. The predicted octanol–water partition coefficient (Wildman–Crippen LogP) is 3.87. The van der Waals surface area contributed by atoms with E-state index in [1.54, 1.807) is 18.2 Å². The lowest BCUT2D eigenvalue weighted by Crippen LogP contribution is -2.51. The molecule has 1 aromatic carbocycles. The van der Waals surface area contributed by atoms with Gasteiger partial charge in [-0.25, -0.2) is 0 Å². The number of halogens is 3. The molecule has 1 heterocycles. The van der Waals surface area contributed by atoms with E-state index in [0.29, 0.717) is 10.6 Å². The van der Waals surface area contributed by atoms with Crippen molar-refractivity contribution in [2.75, 3.05) is 6.54 Å². The zero-order valence-corrected chi connectivity index (χ0v) is 14.5. The van der Waals surface area contributed by atoms with E-state index in [0.717, 1.165) is 30.3 Å². The molecule has 0 aliphatic carbocycles. The van der Waals surface area contributed by atoms with Crippen LogP contribution in [0.25, 0.3) is 0 Å². The molecule has 2 N–H and O–H groups in total. The summed E-state index contributed by atoms with van der Waals surface area (Å²) in [4.78, 5) is 14.5. The van der Waals surface area contributed by atoms with Gasteiger partial charge in [-0.15, -0.1) is 12.4 Å². The number of nitrogens with two attached hydrogens (primary N) is 1. The first kappa shape index (κ1) is 17.8. The molecule has 0 bridgehead atoms. The fraction of sp³-hybridized carbons (Fsp3) is 0.500. The quantitative estimate of drug-likeness (QED) is 0.845. The second-order valence-corrected chi connectivity index (χ2v) is 6.31. The number of benzene rings is 1. The summed E-state index contributed by atoms with van der Waals surface area (Å²) in [5, 5.41) is 0.556. The molecular formula is C14H19BrCl2N2O. The van der Waals surface area contributed by atoms with Crippen LogP contribution in [0.4, 0.5) is 0 Å². The van der Waals surface area contributed by atoms with Gasteiger partial charge in [0, 0.05) is 28.7 Å². The molecule has 0 aromatic heterocycles. The number of carbonyl (C=O) groups excluding carboxylic acids is 1. The molecule has 2 unspecified atom stereocenters. The van der Waals surface area contributed by atoms with Crippen molar-refractivity contribution >= 4 is 45.8 Å². The van der Waals surface area contributed by atoms with E-state index in [1.165, 1.54) is 0 Å². The van der Waals surface area contributed by atoms with Crippen molar-refractivity contribution < 1.29 is 4.79 Å². The summed E-state index contributed by atoms with van der Waals surface area (Å²) in [5.74, 6) is 0.0244. The minimum atomic E-state index is -0.00447. The Morgan fingerprint density at radius 3 is 2.80 bits per heavy atom. The van der Waals surface area contributed by atoms with Crippen molar-refractivity contribution in [2.24, 2.45) is 5.73 Å². The van der Waals surface area contributed by atoms with Gasteiger partial charge in [0.2, 0.25) is 0 Å². The highest BCUT2D eigenvalue weighted by molar-refractivity contribution is 9.10. The number of piperidine rings is 1. The van der Waals surface area contributed by atoms with Gasteiger partial charge >= 0.3 is 0 Å². The fourth-order valence-corrected chi connectivity index (χ4v) is 2.98. The molecule has 112 valence electrons. The molecule has 1 fully saturated rings. The molecule has 0 saturated carbocycles. The number of likely N-dealkylation sites (tertiary alicyclic amines) is 1. The van der Waals surface area contributed by atoms with Gasteiger partial charge in [-0.3, -0.25) is 4.79 Å². The molecule has 1 aromatic rings. The van der Waals surface area contributed by atoms with Crippen LogP contribution in [0.2, 0.25) is 5.02 Å². The van der Waals surface area contributed by atoms with E-state index in [9.17, 15) is 4.79 Å². The number of hydrogen-bond donors (Lipinski definition) is 1. The highest BCUT2D eigenvalue weighted by Gasteiger charge is 2.29. The van der Waals surface area contributed by atoms with E-state index >= 15 is 0 Å². The van der Waals surface area contributed by atoms with Gasteiger partial charge in [0.05, 0.1) is 5.02 Å². The first-order valence-corrected chi connectivity index (χ1v) is 7.69. The maximum atomic E-state index is 12.6. The van der Waals surface area contributed by atoms with Crippen LogP contribution in [-0.2, 0) is 0 Å². The molecule has 1 amide bonds. The van der Waals surface area contributed by atoms with Crippen molar-refractivity contribution in [3.63, 3.8) is 0 Å². The summed E-state index contributed by atoms with van der Waals surface area (Å²) in [6.07, 6.45) is 3.16. The second-order valence-electron chi connectivity index (χ2n) is 5.05. The smallest absolute Gasteiger partial charge is 0.254 e. The summed E-state index contributed by atoms with van der Waals surface area (Å²) < 4.78 is 0.799. The van der Waals surface area contributed by atoms with Crippen molar-refractivity contribution in [2.45, 2.75) is 38.3 Å². The standard InChI is InChI=1S/C14H18BrClN2O.ClH/c1-9(17)13-4-2-3-7-18(13)14(19)10-5-6-11(15)12(16)8-10;/h5-6,8-9,13H,2-4,7,17H2,1H3;1H. The monoisotopic (exact) mass is 380 g/mol. The highest BCUT2D eigenvalue weighted by atomic mass is 79.9. The van der Waals surface area contributed by atoms with Crippen LogP contribution in [0.3, 0.4) is 0 Å². The third-order valence-corrected chi connectivity index (χ3v) is 4.82. The Labute approximate surface area is 139 Å². The fourth-order valence-electron chi connectivity index (χ4n) is 2.55. The lowest BCUT2D eigenvalue weighted by Gasteiger charge is -2.38. The van der Waals surface area contributed by atoms with Gasteiger partial charge in [0.15, 0.2) is 0 Å². The van der Waals surface area contributed by atoms with E-state index in [2.05, 4.69) is 15.9 Å². The normalized spacial score (nSPS) is 20.2. The van der Waals surface area contributed by atoms with Gasteiger partial charge in [-0.2, -0.15) is 0 Å². The third kappa shape index (κ3) is 3.88. The molecular weight excluding hydrogens is 363 g/mol. The lowest BCUT2D eigenvalue weighted by atomic mass is 9.96. The molecule has 20 heavy (non-hydrogen) atoms. The molecule has 0 spiro atoms. The van der Waals surface area contributed by atoms with Crippen LogP contribution in [0, 0.1) is 0 Å². The molecule has 2 rings (SSSR count). The Morgan fingerprint density at radius 2 is 2.20 bits per heavy atom. The highest BCUT2D eigenvalue weighted by Crippen LogP contribution is 2.26. The van der Waals surface area contributed by atoms with Crippen molar-refractivity contribution in [3.8, 4) is 0 Å². The first-order chi connectivity index (χ1) is 9.00. The molecule has 1 aliphatic heterocycles. The zero-order valence-electron chi connectivity index (χ0n) is 11.3. The average molecular weight is 382 g/mol. The van der Waals surface area contributed by atoms with Crippen LogP contribution >= 0.6 is 39.9 Å². The van der Waals surface area contributed by atoms with Gasteiger partial charge in [0.1, 0.15) is 0 Å². The molecule has 0 radical (unpaired) electrons. The maximum Gasteiger partial charge on any atom is 0.254 e. The van der Waals surface area contributed by atoms with Crippen LogP contribution < -0.4 is 5.73 Å². The predicted molar refractivity (Wildman–Crippen MR) is 88.7 cm³/mol. The topological polar surface area (TPSA) is 46.3 Å². The van der Waals surface area contributed by atoms with Crippen molar-refractivity contribution in [1.82, 2.24) is 4.90 Å². The summed E-state index contributed by atoms with van der Waals surface area (Å²) in [5.41, 5.74) is 6.63. The molecule has 6 heteroatoms. The van der Waals surface area contributed by atoms with Crippen molar-refractivity contribution in [3.05, 3.63) is 33.3 Å². The van der Waals surface area contributed by atoms with Gasteiger partial charge in [-0.05, 0) is 60.3 Å². The van der Waals surface area contributed by atoms with Crippen molar-refractivity contribution in [1.29, 1.82) is 0 Å². The Hall–Kier alpha value is -0.290. The lowest BCUT2D eigenvalue weighted by molar-refractivity contribution is 0.0584. The largest absolute Gasteiger partial charge is 0.334 e. The van der Waals surface area contributed by atoms with Gasteiger partial charge in [0.25, 0.3) is 5.91 Å². The zero-order chi connectivity index (χ0) is 14.0. The number of amides is 1. The van der Waals surface area contributed by atoms with Gasteiger partial charge < -0.3 is 10.6 Å². The first-order valence-electron chi connectivity index (χ1n) is 6.52. The van der Waals surface area contributed by atoms with Gasteiger partial charge in [-0.1, -0.05) is 11.6 Å². The molecule has 1 aliphatic rings. The van der Waals surface area contributed by atoms with E-state index in [-0.39, 0.29) is 30.4 Å². The summed E-state index contributed by atoms with van der Waals surface area (Å²) >= 11 is 9.39. The number of rotatable bonds is 2. The summed E-state index contributed by atoms with van der Waals surface area (Å²) in [6, 6.07) is 5.44. The summed E-state index contributed by atoms with van der Waals surface area (Å²) in [6.45, 7) is 2.74. The number of nitrogens with zero attached hydrogens (tertiary/aromatic N) is 1. The number of hydrogen-bond acceptors (Lipinski definition) is 2. The Bertz CT molecular complexity index is 482. The molecule has 1 saturated heterocycles. The Morgan fingerprint density at radius 1 is 1.50 bits per heavy atom. The second kappa shape index (κ2) is 7.64. The average Bonchev–Trinajstić information content (AvgIpc) is 2.41. The maximum absolute atomic E-state index is 12.6. The van der Waals surface area contributed by atoms with E-state index < -0.39 is 0 Å². The molecule has 3 nitrogen and oxygen atoms in total.